The molecule has 0 aliphatic carbocycles. The predicted molar refractivity (Wildman–Crippen MR) is 138 cm³/mol. The maximum Gasteiger partial charge on any atom is 0.244 e. The molecule has 2 aromatic carbocycles. The monoisotopic (exact) mass is 527 g/mol. The van der Waals surface area contributed by atoms with Gasteiger partial charge < -0.3 is 10.2 Å². The van der Waals surface area contributed by atoms with Gasteiger partial charge in [0.1, 0.15) is 12.6 Å². The molecular weight excluding hydrogens is 497 g/mol. The van der Waals surface area contributed by atoms with Crippen molar-refractivity contribution in [2.45, 2.75) is 46.2 Å². The van der Waals surface area contributed by atoms with Crippen molar-refractivity contribution in [1.29, 1.82) is 0 Å². The standard InChI is InChI=1S/C24H31Cl2N3O4S/c1-5-13-27-24(31)21(6-2)28(15-18-9-7-8-10-20(18)26)23(30)16-29(34(4,32)33)22-12-11-19(25)14-17(22)3/h7-12,14,21H,5-6,13,15-16H2,1-4H3,(H,27,31)/t21-/m0/s1. The molecule has 0 aromatic heterocycles. The van der Waals surface area contributed by atoms with Crippen LogP contribution >= 0.6 is 23.2 Å². The summed E-state index contributed by atoms with van der Waals surface area (Å²) in [4.78, 5) is 27.9. The number of carbonyl (C=O) groups is 2. The third-order valence-corrected chi connectivity index (χ3v) is 7.07. The highest BCUT2D eigenvalue weighted by atomic mass is 35.5. The largest absolute Gasteiger partial charge is 0.354 e. The van der Waals surface area contributed by atoms with E-state index in [0.717, 1.165) is 17.0 Å². The number of amides is 2. The molecule has 0 radical (unpaired) electrons. The first kappa shape index (κ1) is 28.0. The molecule has 1 N–H and O–H groups in total. The number of hydrogen-bond donors (Lipinski definition) is 1. The first-order valence-corrected chi connectivity index (χ1v) is 13.6. The third-order valence-electron chi connectivity index (χ3n) is 5.34. The molecule has 1 atom stereocenters. The van der Waals surface area contributed by atoms with Crippen LogP contribution in [0.3, 0.4) is 0 Å². The predicted octanol–water partition coefficient (Wildman–Crippen LogP) is 4.40. The minimum Gasteiger partial charge on any atom is -0.354 e. The Labute approximate surface area is 212 Å². The lowest BCUT2D eigenvalue weighted by Gasteiger charge is -2.33. The highest BCUT2D eigenvalue weighted by Gasteiger charge is 2.32. The molecule has 0 bridgehead atoms. The van der Waals surface area contributed by atoms with E-state index in [-0.39, 0.29) is 12.5 Å². The average molecular weight is 529 g/mol. The van der Waals surface area contributed by atoms with Crippen LogP contribution in [-0.2, 0) is 26.2 Å². The zero-order valence-corrected chi connectivity index (χ0v) is 22.2. The van der Waals surface area contributed by atoms with Crippen LogP contribution in [0.2, 0.25) is 10.0 Å². The molecule has 2 aromatic rings. The SMILES string of the molecule is CCCNC(=O)[C@H](CC)N(Cc1ccccc1Cl)C(=O)CN(c1ccc(Cl)cc1C)S(C)(=O)=O. The second-order valence-electron chi connectivity index (χ2n) is 8.03. The summed E-state index contributed by atoms with van der Waals surface area (Å²) in [6.07, 6.45) is 2.14. The van der Waals surface area contributed by atoms with Crippen molar-refractivity contribution in [3.8, 4) is 0 Å². The minimum absolute atomic E-state index is 0.0633. The van der Waals surface area contributed by atoms with Gasteiger partial charge in [-0.1, -0.05) is 55.2 Å². The number of hydrogen-bond acceptors (Lipinski definition) is 4. The Morgan fingerprint density at radius 3 is 2.32 bits per heavy atom. The van der Waals surface area contributed by atoms with E-state index in [1.165, 1.54) is 4.90 Å². The van der Waals surface area contributed by atoms with Gasteiger partial charge in [-0.3, -0.25) is 13.9 Å². The van der Waals surface area contributed by atoms with Crippen LogP contribution in [0.15, 0.2) is 42.5 Å². The maximum absolute atomic E-state index is 13.6. The van der Waals surface area contributed by atoms with Gasteiger partial charge in [-0.2, -0.15) is 0 Å². The van der Waals surface area contributed by atoms with Crippen molar-refractivity contribution < 1.29 is 18.0 Å². The second kappa shape index (κ2) is 12.4. The van der Waals surface area contributed by atoms with Crippen LogP contribution in [0.5, 0.6) is 0 Å². The summed E-state index contributed by atoms with van der Waals surface area (Å²) in [5.74, 6) is -0.809. The molecular formula is C24H31Cl2N3O4S. The Bertz CT molecular complexity index is 1120. The second-order valence-corrected chi connectivity index (χ2v) is 10.8. The Kier molecular flexibility index (Phi) is 10.2. The molecule has 2 amide bonds. The van der Waals surface area contributed by atoms with Crippen molar-refractivity contribution in [2.24, 2.45) is 0 Å². The van der Waals surface area contributed by atoms with E-state index in [1.807, 2.05) is 6.92 Å². The quantitative estimate of drug-likeness (QED) is 0.469. The van der Waals surface area contributed by atoms with E-state index >= 15 is 0 Å². The van der Waals surface area contributed by atoms with Crippen molar-refractivity contribution in [3.63, 3.8) is 0 Å². The summed E-state index contributed by atoms with van der Waals surface area (Å²) in [6.45, 7) is 5.53. The summed E-state index contributed by atoms with van der Waals surface area (Å²) < 4.78 is 26.4. The summed E-state index contributed by atoms with van der Waals surface area (Å²) in [6, 6.07) is 11.0. The molecule has 10 heteroatoms. The van der Waals surface area contributed by atoms with E-state index in [2.05, 4.69) is 5.32 Å². The number of aryl methyl sites for hydroxylation is 1. The van der Waals surface area contributed by atoms with Gasteiger partial charge in [0.15, 0.2) is 0 Å². The van der Waals surface area contributed by atoms with Gasteiger partial charge in [0.05, 0.1) is 11.9 Å². The van der Waals surface area contributed by atoms with Gasteiger partial charge in [0, 0.05) is 23.1 Å². The minimum atomic E-state index is -3.81. The molecule has 0 heterocycles. The lowest BCUT2D eigenvalue weighted by Crippen LogP contribution is -2.52. The van der Waals surface area contributed by atoms with Gasteiger partial charge in [0.2, 0.25) is 21.8 Å². The van der Waals surface area contributed by atoms with E-state index in [1.54, 1.807) is 56.3 Å². The number of sulfonamides is 1. The highest BCUT2D eigenvalue weighted by Crippen LogP contribution is 2.26. The molecule has 0 aliphatic heterocycles. The molecule has 0 unspecified atom stereocenters. The summed E-state index contributed by atoms with van der Waals surface area (Å²) in [7, 11) is -3.81. The Morgan fingerprint density at radius 1 is 1.09 bits per heavy atom. The molecule has 0 fully saturated rings. The molecule has 0 saturated heterocycles. The van der Waals surface area contributed by atoms with Gasteiger partial charge >= 0.3 is 0 Å². The van der Waals surface area contributed by atoms with Crippen LogP contribution in [0.25, 0.3) is 0 Å². The first-order chi connectivity index (χ1) is 16.0. The van der Waals surface area contributed by atoms with E-state index < -0.39 is 28.5 Å². The third kappa shape index (κ3) is 7.35. The number of nitrogens with one attached hydrogen (secondary N) is 1. The Balaban J connectivity index is 2.47. The van der Waals surface area contributed by atoms with Crippen molar-refractivity contribution in [2.75, 3.05) is 23.7 Å². The van der Waals surface area contributed by atoms with Crippen molar-refractivity contribution in [3.05, 3.63) is 63.6 Å². The smallest absolute Gasteiger partial charge is 0.244 e. The summed E-state index contributed by atoms with van der Waals surface area (Å²) in [5, 5.41) is 3.75. The van der Waals surface area contributed by atoms with Gasteiger partial charge in [-0.25, -0.2) is 8.42 Å². The van der Waals surface area contributed by atoms with Crippen molar-refractivity contribution in [1.82, 2.24) is 10.2 Å². The average Bonchev–Trinajstić information content (AvgIpc) is 2.76. The lowest BCUT2D eigenvalue weighted by atomic mass is 10.1. The van der Waals surface area contributed by atoms with Crippen LogP contribution in [0.1, 0.15) is 37.8 Å². The molecule has 0 aliphatic rings. The number of halogens is 2. The number of nitrogens with zero attached hydrogens (tertiary/aromatic N) is 2. The van der Waals surface area contributed by atoms with Gasteiger partial charge in [-0.15, -0.1) is 0 Å². The van der Waals surface area contributed by atoms with E-state index in [9.17, 15) is 18.0 Å². The number of benzene rings is 2. The zero-order valence-electron chi connectivity index (χ0n) is 19.8. The fourth-order valence-corrected chi connectivity index (χ4v) is 4.92. The molecule has 186 valence electrons. The number of rotatable bonds is 11. The zero-order chi connectivity index (χ0) is 25.5. The number of carbonyl (C=O) groups excluding carboxylic acids is 2. The molecule has 0 spiro atoms. The molecule has 2 rings (SSSR count). The molecule has 7 nitrogen and oxygen atoms in total. The fraction of sp³-hybridized carbons (Fsp3) is 0.417. The van der Waals surface area contributed by atoms with E-state index in [0.29, 0.717) is 39.8 Å². The van der Waals surface area contributed by atoms with Gasteiger partial charge in [0.25, 0.3) is 0 Å². The first-order valence-electron chi connectivity index (χ1n) is 11.0. The molecule has 34 heavy (non-hydrogen) atoms. The fourth-order valence-electron chi connectivity index (χ4n) is 3.59. The molecule has 0 saturated carbocycles. The number of anilines is 1. The van der Waals surface area contributed by atoms with Gasteiger partial charge in [-0.05, 0) is 55.2 Å². The normalized spacial score (nSPS) is 12.2. The van der Waals surface area contributed by atoms with Crippen LogP contribution in [0, 0.1) is 6.92 Å². The van der Waals surface area contributed by atoms with Crippen LogP contribution < -0.4 is 9.62 Å². The summed E-state index contributed by atoms with van der Waals surface area (Å²) >= 11 is 12.4. The van der Waals surface area contributed by atoms with Crippen molar-refractivity contribution >= 4 is 50.7 Å². The Morgan fingerprint density at radius 2 is 1.76 bits per heavy atom. The summed E-state index contributed by atoms with van der Waals surface area (Å²) in [5.41, 5.74) is 1.62. The van der Waals surface area contributed by atoms with Crippen LogP contribution in [-0.4, -0.2) is 50.5 Å². The van der Waals surface area contributed by atoms with E-state index in [4.69, 9.17) is 23.2 Å². The maximum atomic E-state index is 13.6. The topological polar surface area (TPSA) is 86.8 Å². The highest BCUT2D eigenvalue weighted by molar-refractivity contribution is 7.92. The Hall–Kier alpha value is -2.29. The lowest BCUT2D eigenvalue weighted by molar-refractivity contribution is -0.140. The van der Waals surface area contributed by atoms with Crippen LogP contribution in [0.4, 0.5) is 5.69 Å².